The molecule has 0 spiro atoms. The predicted octanol–water partition coefficient (Wildman–Crippen LogP) is 2.34. The number of hydrogen-bond acceptors (Lipinski definition) is 2. The number of allylic oxidation sites excluding steroid dienone is 3. The second-order valence-electron chi connectivity index (χ2n) is 3.36. The van der Waals surface area contributed by atoms with Gasteiger partial charge >= 0.3 is 0 Å². The van der Waals surface area contributed by atoms with Gasteiger partial charge < -0.3 is 0 Å². The van der Waals surface area contributed by atoms with Crippen LogP contribution in [0.15, 0.2) is 22.2 Å². The maximum absolute atomic E-state index is 8.89. The maximum atomic E-state index is 8.89. The van der Waals surface area contributed by atoms with Crippen LogP contribution < -0.4 is 0 Å². The van der Waals surface area contributed by atoms with Gasteiger partial charge in [-0.3, -0.25) is 0 Å². The second-order valence-corrected chi connectivity index (χ2v) is 3.36. The molecule has 0 radical (unpaired) electrons. The average molecular weight is 174 g/mol. The van der Waals surface area contributed by atoms with Gasteiger partial charge in [0.25, 0.3) is 0 Å². The van der Waals surface area contributed by atoms with Gasteiger partial charge in [-0.1, -0.05) is 18.6 Å². The third-order valence-electron chi connectivity index (χ3n) is 2.33. The van der Waals surface area contributed by atoms with Gasteiger partial charge in [-0.2, -0.15) is 5.26 Å². The molecular formula is C11H14N2. The van der Waals surface area contributed by atoms with E-state index in [-0.39, 0.29) is 5.92 Å². The molecule has 68 valence electrons. The Labute approximate surface area is 79.3 Å². The lowest BCUT2D eigenvalue weighted by Crippen LogP contribution is -2.22. The van der Waals surface area contributed by atoms with Crippen molar-refractivity contribution in [1.29, 1.82) is 5.26 Å². The van der Waals surface area contributed by atoms with Crippen LogP contribution in [0.25, 0.3) is 0 Å². The molecule has 2 heteroatoms. The molecule has 2 unspecified atom stereocenters. The van der Waals surface area contributed by atoms with Crippen LogP contribution in [0.4, 0.5) is 0 Å². The summed E-state index contributed by atoms with van der Waals surface area (Å²) in [5, 5.41) is 8.89. The van der Waals surface area contributed by atoms with Crippen molar-refractivity contribution < 1.29 is 0 Å². The van der Waals surface area contributed by atoms with Gasteiger partial charge in [-0.15, -0.1) is 0 Å². The Bertz CT molecular complexity index is 324. The van der Waals surface area contributed by atoms with Crippen LogP contribution in [0.5, 0.6) is 0 Å². The van der Waals surface area contributed by atoms with E-state index in [4.69, 9.17) is 5.26 Å². The summed E-state index contributed by atoms with van der Waals surface area (Å²) in [5.74, 6) is 3.55. The lowest BCUT2D eigenvalue weighted by Gasteiger charge is -2.30. The molecule has 0 aromatic rings. The normalized spacial score (nSPS) is 24.9. The van der Waals surface area contributed by atoms with E-state index in [1.54, 1.807) is 0 Å². The van der Waals surface area contributed by atoms with Crippen molar-refractivity contribution in [3.8, 4) is 6.07 Å². The molecule has 0 saturated carbocycles. The molecule has 0 heterocycles. The number of nitriles is 1. The van der Waals surface area contributed by atoms with Gasteiger partial charge in [-0.05, 0) is 25.6 Å². The van der Waals surface area contributed by atoms with Crippen molar-refractivity contribution in [3.63, 3.8) is 0 Å². The fourth-order valence-electron chi connectivity index (χ4n) is 1.73. The first-order valence-corrected chi connectivity index (χ1v) is 4.58. The molecule has 0 aliphatic heterocycles. The third kappa shape index (κ3) is 1.88. The summed E-state index contributed by atoms with van der Waals surface area (Å²) in [6.45, 7) is 6.79. The molecule has 0 bridgehead atoms. The maximum Gasteiger partial charge on any atom is 0.105 e. The second kappa shape index (κ2) is 4.07. The van der Waals surface area contributed by atoms with E-state index >= 15 is 0 Å². The zero-order valence-electron chi connectivity index (χ0n) is 8.33. The molecule has 0 aromatic carbocycles. The predicted molar refractivity (Wildman–Crippen MR) is 53.5 cm³/mol. The largest absolute Gasteiger partial charge is 0.242 e. The van der Waals surface area contributed by atoms with Crippen molar-refractivity contribution >= 4 is 5.87 Å². The lowest BCUT2D eigenvalue weighted by atomic mass is 9.73. The molecule has 1 rings (SSSR count). The fourth-order valence-corrected chi connectivity index (χ4v) is 1.73. The van der Waals surface area contributed by atoms with Crippen LogP contribution >= 0.6 is 0 Å². The van der Waals surface area contributed by atoms with Crippen molar-refractivity contribution in [2.24, 2.45) is 16.8 Å². The van der Waals surface area contributed by atoms with Crippen molar-refractivity contribution in [3.05, 3.63) is 17.2 Å². The Balaban J connectivity index is 2.89. The summed E-state index contributed by atoms with van der Waals surface area (Å²) in [5.41, 5.74) is 1.94. The fraction of sp³-hybridized carbons (Fsp3) is 0.545. The number of aliphatic imine (C=N–C) groups is 1. The van der Waals surface area contributed by atoms with E-state index in [1.165, 1.54) is 5.57 Å². The highest BCUT2D eigenvalue weighted by Crippen LogP contribution is 2.36. The van der Waals surface area contributed by atoms with Crippen LogP contribution in [0.1, 0.15) is 20.8 Å². The summed E-state index contributed by atoms with van der Waals surface area (Å²) < 4.78 is 0. The van der Waals surface area contributed by atoms with Crippen molar-refractivity contribution in [2.45, 2.75) is 20.8 Å². The van der Waals surface area contributed by atoms with Crippen LogP contribution in [-0.2, 0) is 0 Å². The Morgan fingerprint density at radius 3 is 2.77 bits per heavy atom. The molecule has 1 aliphatic rings. The monoisotopic (exact) mass is 174 g/mol. The molecule has 0 saturated heterocycles. The van der Waals surface area contributed by atoms with Crippen LogP contribution in [0.2, 0.25) is 0 Å². The Hall–Kier alpha value is -1.32. The van der Waals surface area contributed by atoms with E-state index in [9.17, 15) is 0 Å². The lowest BCUT2D eigenvalue weighted by molar-refractivity contribution is 0.500. The highest BCUT2D eigenvalue weighted by molar-refractivity contribution is 5.66. The van der Waals surface area contributed by atoms with Crippen molar-refractivity contribution in [2.75, 3.05) is 6.54 Å². The molecule has 0 amide bonds. The summed E-state index contributed by atoms with van der Waals surface area (Å²) in [6.07, 6.45) is 2.18. The van der Waals surface area contributed by atoms with E-state index < -0.39 is 0 Å². The number of hydrogen-bond donors (Lipinski definition) is 0. The quantitative estimate of drug-likeness (QED) is 0.359. The zero-order valence-corrected chi connectivity index (χ0v) is 8.33. The van der Waals surface area contributed by atoms with Gasteiger partial charge in [0.05, 0.1) is 5.57 Å². The minimum atomic E-state index is 0.264. The van der Waals surface area contributed by atoms with Crippen molar-refractivity contribution in [1.82, 2.24) is 0 Å². The highest BCUT2D eigenvalue weighted by Gasteiger charge is 2.29. The molecule has 0 fully saturated rings. The third-order valence-corrected chi connectivity index (χ3v) is 2.33. The molecule has 2 nitrogen and oxygen atoms in total. The number of nitrogens with zero attached hydrogens (tertiary/aromatic N) is 2. The Morgan fingerprint density at radius 2 is 2.38 bits per heavy atom. The van der Waals surface area contributed by atoms with E-state index in [0.29, 0.717) is 18.0 Å². The van der Waals surface area contributed by atoms with Gasteiger partial charge in [0.1, 0.15) is 6.07 Å². The average Bonchev–Trinajstić information content (AvgIpc) is 2.11. The zero-order chi connectivity index (χ0) is 9.84. The summed E-state index contributed by atoms with van der Waals surface area (Å²) in [6, 6.07) is 2.17. The van der Waals surface area contributed by atoms with E-state index in [0.717, 1.165) is 0 Å². The highest BCUT2D eigenvalue weighted by atomic mass is 14.7. The Morgan fingerprint density at radius 1 is 1.69 bits per heavy atom. The standard InChI is InChI=1S/C11H14N2/c1-4-13-7-10(6-12)11-8(2)5-9(11)3/h5,8,11H,4H2,1-3H3. The van der Waals surface area contributed by atoms with Crippen LogP contribution in [0.3, 0.4) is 0 Å². The summed E-state index contributed by atoms with van der Waals surface area (Å²) in [4.78, 5) is 3.98. The van der Waals surface area contributed by atoms with Gasteiger partial charge in [-0.25, -0.2) is 4.99 Å². The molecule has 2 atom stereocenters. The van der Waals surface area contributed by atoms with Gasteiger partial charge in [0, 0.05) is 12.5 Å². The van der Waals surface area contributed by atoms with Gasteiger partial charge in [0.2, 0.25) is 0 Å². The van der Waals surface area contributed by atoms with Gasteiger partial charge in [0.15, 0.2) is 0 Å². The minimum absolute atomic E-state index is 0.264. The first-order valence-electron chi connectivity index (χ1n) is 4.58. The smallest absolute Gasteiger partial charge is 0.105 e. The number of rotatable bonds is 2. The minimum Gasteiger partial charge on any atom is -0.242 e. The SMILES string of the molecule is CCN=C=C(C#N)C1C(C)=CC1C. The summed E-state index contributed by atoms with van der Waals surface area (Å²) in [7, 11) is 0. The molecular weight excluding hydrogens is 160 g/mol. The van der Waals surface area contributed by atoms with E-state index in [1.807, 2.05) is 6.92 Å². The molecule has 13 heavy (non-hydrogen) atoms. The van der Waals surface area contributed by atoms with Crippen LogP contribution in [0, 0.1) is 23.2 Å². The molecule has 1 aliphatic carbocycles. The Kier molecular flexibility index (Phi) is 3.06. The first kappa shape index (κ1) is 9.77. The first-order chi connectivity index (χ1) is 6.20. The van der Waals surface area contributed by atoms with E-state index in [2.05, 4.69) is 36.9 Å². The molecule has 0 N–H and O–H groups in total. The molecule has 0 aromatic heterocycles. The van der Waals surface area contributed by atoms with Crippen LogP contribution in [-0.4, -0.2) is 12.4 Å². The summed E-state index contributed by atoms with van der Waals surface area (Å²) >= 11 is 0. The topological polar surface area (TPSA) is 36.1 Å².